The number of ketones is 1. The maximum Gasteiger partial charge on any atom is 0.376 e. The first-order valence-corrected chi connectivity index (χ1v) is 3.38. The number of esters is 1. The molecule has 3 nitrogen and oxygen atoms in total. The van der Waals surface area contributed by atoms with Crippen molar-refractivity contribution in [2.24, 2.45) is 0 Å². The topological polar surface area (TPSA) is 43.4 Å². The van der Waals surface area contributed by atoms with Crippen LogP contribution >= 0.6 is 11.6 Å². The predicted molar refractivity (Wildman–Crippen MR) is 37.0 cm³/mol. The Morgan fingerprint density at radius 1 is 1.60 bits per heavy atom. The Balaban J connectivity index is 3.83. The molecule has 58 valence electrons. The van der Waals surface area contributed by atoms with E-state index in [0.29, 0.717) is 0 Å². The molecular formula is C6H9ClO3. The van der Waals surface area contributed by atoms with Crippen molar-refractivity contribution in [2.45, 2.75) is 19.2 Å². The first kappa shape index (κ1) is 9.43. The standard InChI is InChI=1S/C6H9ClO3/c1-3-10-6(9)5(8)4(2)7/h4H,3H2,1-2H3. The smallest absolute Gasteiger partial charge is 0.376 e. The van der Waals surface area contributed by atoms with Gasteiger partial charge in [0, 0.05) is 0 Å². The highest BCUT2D eigenvalue weighted by molar-refractivity contribution is 6.47. The minimum Gasteiger partial charge on any atom is -0.460 e. The molecule has 0 amide bonds. The largest absolute Gasteiger partial charge is 0.460 e. The SMILES string of the molecule is CCOC(=O)C(=O)C(C)Cl. The van der Waals surface area contributed by atoms with E-state index in [9.17, 15) is 9.59 Å². The summed E-state index contributed by atoms with van der Waals surface area (Å²) in [4.78, 5) is 21.2. The van der Waals surface area contributed by atoms with Crippen LogP contribution in [0.1, 0.15) is 13.8 Å². The fourth-order valence-electron chi connectivity index (χ4n) is 0.365. The van der Waals surface area contributed by atoms with E-state index in [1.165, 1.54) is 6.92 Å². The van der Waals surface area contributed by atoms with Crippen molar-refractivity contribution >= 4 is 23.4 Å². The summed E-state index contributed by atoms with van der Waals surface area (Å²) >= 11 is 5.31. The predicted octanol–water partition coefficient (Wildman–Crippen LogP) is 0.746. The molecule has 0 bridgehead atoms. The van der Waals surface area contributed by atoms with Gasteiger partial charge >= 0.3 is 5.97 Å². The zero-order valence-corrected chi connectivity index (χ0v) is 6.64. The summed E-state index contributed by atoms with van der Waals surface area (Å²) in [5.74, 6) is -1.55. The van der Waals surface area contributed by atoms with Crippen molar-refractivity contribution in [3.05, 3.63) is 0 Å². The first-order valence-electron chi connectivity index (χ1n) is 2.94. The average molecular weight is 165 g/mol. The van der Waals surface area contributed by atoms with Gasteiger partial charge in [-0.1, -0.05) is 0 Å². The zero-order chi connectivity index (χ0) is 8.15. The molecule has 0 aromatic heterocycles. The number of ether oxygens (including phenoxy) is 1. The number of hydrogen-bond donors (Lipinski definition) is 0. The van der Waals surface area contributed by atoms with Crippen LogP contribution in [-0.4, -0.2) is 23.7 Å². The molecule has 10 heavy (non-hydrogen) atoms. The van der Waals surface area contributed by atoms with Crippen LogP contribution in [0.3, 0.4) is 0 Å². The van der Waals surface area contributed by atoms with Gasteiger partial charge in [-0.25, -0.2) is 4.79 Å². The van der Waals surface area contributed by atoms with E-state index in [1.54, 1.807) is 6.92 Å². The molecular weight excluding hydrogens is 156 g/mol. The van der Waals surface area contributed by atoms with Crippen molar-refractivity contribution in [1.29, 1.82) is 0 Å². The van der Waals surface area contributed by atoms with Gasteiger partial charge < -0.3 is 4.74 Å². The maximum atomic E-state index is 10.6. The van der Waals surface area contributed by atoms with Crippen molar-refractivity contribution in [3.8, 4) is 0 Å². The Bertz CT molecular complexity index is 142. The van der Waals surface area contributed by atoms with E-state index in [2.05, 4.69) is 4.74 Å². The van der Waals surface area contributed by atoms with Crippen molar-refractivity contribution in [2.75, 3.05) is 6.61 Å². The highest BCUT2D eigenvalue weighted by Gasteiger charge is 2.19. The van der Waals surface area contributed by atoms with Gasteiger partial charge in [-0.15, -0.1) is 11.6 Å². The second-order valence-electron chi connectivity index (χ2n) is 1.70. The molecule has 0 fully saturated rings. The number of halogens is 1. The number of rotatable bonds is 3. The molecule has 0 N–H and O–H groups in total. The second kappa shape index (κ2) is 4.28. The summed E-state index contributed by atoms with van der Waals surface area (Å²) < 4.78 is 4.39. The summed E-state index contributed by atoms with van der Waals surface area (Å²) in [7, 11) is 0. The minimum atomic E-state index is -0.856. The minimum absolute atomic E-state index is 0.203. The molecule has 4 heteroatoms. The molecule has 0 spiro atoms. The molecule has 1 atom stereocenters. The molecule has 0 aliphatic heterocycles. The molecule has 1 unspecified atom stereocenters. The Kier molecular flexibility index (Phi) is 4.03. The van der Waals surface area contributed by atoms with E-state index in [0.717, 1.165) is 0 Å². The Labute approximate surface area is 64.3 Å². The van der Waals surface area contributed by atoms with Crippen LogP contribution in [-0.2, 0) is 14.3 Å². The highest BCUT2D eigenvalue weighted by atomic mass is 35.5. The summed E-state index contributed by atoms with van der Waals surface area (Å²) in [5, 5.41) is -0.793. The van der Waals surface area contributed by atoms with E-state index < -0.39 is 17.1 Å². The Morgan fingerprint density at radius 3 is 2.40 bits per heavy atom. The normalized spacial score (nSPS) is 12.3. The van der Waals surface area contributed by atoms with E-state index in [1.807, 2.05) is 0 Å². The third kappa shape index (κ3) is 2.82. The quantitative estimate of drug-likeness (QED) is 0.351. The monoisotopic (exact) mass is 164 g/mol. The summed E-state index contributed by atoms with van der Waals surface area (Å²) in [6.07, 6.45) is 0. The number of hydrogen-bond acceptors (Lipinski definition) is 3. The Morgan fingerprint density at radius 2 is 2.10 bits per heavy atom. The van der Waals surface area contributed by atoms with Gasteiger partial charge in [0.15, 0.2) is 0 Å². The third-order valence-corrected chi connectivity index (χ3v) is 1.04. The van der Waals surface area contributed by atoms with Crippen LogP contribution in [0.2, 0.25) is 0 Å². The summed E-state index contributed by atoms with van der Waals surface area (Å²) in [6, 6.07) is 0. The van der Waals surface area contributed by atoms with Crippen molar-refractivity contribution in [1.82, 2.24) is 0 Å². The number of alkyl halides is 1. The summed E-state index contributed by atoms with van der Waals surface area (Å²) in [5.41, 5.74) is 0. The lowest BCUT2D eigenvalue weighted by Gasteiger charge is -2.00. The van der Waals surface area contributed by atoms with Gasteiger partial charge in [-0.3, -0.25) is 4.79 Å². The van der Waals surface area contributed by atoms with Gasteiger partial charge in [0.2, 0.25) is 0 Å². The van der Waals surface area contributed by atoms with Gasteiger partial charge in [-0.05, 0) is 13.8 Å². The van der Waals surface area contributed by atoms with E-state index >= 15 is 0 Å². The molecule has 0 rings (SSSR count). The molecule has 0 heterocycles. The zero-order valence-electron chi connectivity index (χ0n) is 5.89. The van der Waals surface area contributed by atoms with E-state index in [4.69, 9.17) is 11.6 Å². The number of Topliss-reactive ketones (excluding diaryl/α,β-unsaturated/α-hetero) is 1. The van der Waals surface area contributed by atoms with Crippen molar-refractivity contribution < 1.29 is 14.3 Å². The van der Waals surface area contributed by atoms with Gasteiger partial charge in [-0.2, -0.15) is 0 Å². The third-order valence-electron chi connectivity index (χ3n) is 0.838. The first-order chi connectivity index (χ1) is 4.59. The highest BCUT2D eigenvalue weighted by Crippen LogP contribution is 1.96. The average Bonchev–Trinajstić information content (AvgIpc) is 1.87. The fourth-order valence-corrected chi connectivity index (χ4v) is 0.454. The fraction of sp³-hybridized carbons (Fsp3) is 0.667. The molecule has 0 aromatic rings. The van der Waals surface area contributed by atoms with Crippen LogP contribution in [0, 0.1) is 0 Å². The second-order valence-corrected chi connectivity index (χ2v) is 2.36. The molecule has 0 aromatic carbocycles. The van der Waals surface area contributed by atoms with Gasteiger partial charge in [0.05, 0.1) is 6.61 Å². The molecule has 0 saturated carbocycles. The maximum absolute atomic E-state index is 10.6. The Hall–Kier alpha value is -0.570. The molecule has 0 radical (unpaired) electrons. The van der Waals surface area contributed by atoms with Gasteiger partial charge in [0.1, 0.15) is 5.38 Å². The van der Waals surface area contributed by atoms with E-state index in [-0.39, 0.29) is 6.61 Å². The lowest BCUT2D eigenvalue weighted by Crippen LogP contribution is -2.24. The van der Waals surface area contributed by atoms with Crippen molar-refractivity contribution in [3.63, 3.8) is 0 Å². The number of carbonyl (C=O) groups is 2. The molecule has 0 saturated heterocycles. The number of carbonyl (C=O) groups excluding carboxylic acids is 2. The van der Waals surface area contributed by atoms with Crippen LogP contribution in [0.4, 0.5) is 0 Å². The van der Waals surface area contributed by atoms with Gasteiger partial charge in [0.25, 0.3) is 5.78 Å². The molecule has 0 aliphatic carbocycles. The van der Waals surface area contributed by atoms with Crippen LogP contribution in [0.15, 0.2) is 0 Å². The van der Waals surface area contributed by atoms with Crippen LogP contribution in [0.25, 0.3) is 0 Å². The lowest BCUT2D eigenvalue weighted by atomic mass is 10.3. The van der Waals surface area contributed by atoms with Crippen LogP contribution < -0.4 is 0 Å². The lowest BCUT2D eigenvalue weighted by molar-refractivity contribution is -0.153. The molecule has 0 aliphatic rings. The van der Waals surface area contributed by atoms with Crippen LogP contribution in [0.5, 0.6) is 0 Å². The summed E-state index contributed by atoms with van der Waals surface area (Å²) in [6.45, 7) is 3.26.